The highest BCUT2D eigenvalue weighted by Gasteiger charge is 2.34. The number of aliphatic imine (C=N–C) groups is 1. The van der Waals surface area contributed by atoms with Crippen LogP contribution in [0, 0.1) is 0 Å². The normalized spacial score (nSPS) is 16.6. The van der Waals surface area contributed by atoms with Crippen molar-refractivity contribution in [3.8, 4) is 23.1 Å². The second-order valence-electron chi connectivity index (χ2n) is 8.02. The fourth-order valence-corrected chi connectivity index (χ4v) is 4.71. The van der Waals surface area contributed by atoms with Gasteiger partial charge >= 0.3 is 5.69 Å². The minimum atomic E-state index is -1.15. The zero-order valence-electron chi connectivity index (χ0n) is 20.1. The maximum atomic E-state index is 12.6. The van der Waals surface area contributed by atoms with Crippen molar-refractivity contribution in [3.05, 3.63) is 74.4 Å². The monoisotopic (exact) mass is 541 g/mol. The summed E-state index contributed by atoms with van der Waals surface area (Å²) < 4.78 is 10.4. The Morgan fingerprint density at radius 3 is 2.42 bits per heavy atom. The number of phenolic OH excluding ortho intramolecular Hbond substituents is 1. The van der Waals surface area contributed by atoms with E-state index in [1.807, 2.05) is 4.98 Å². The van der Waals surface area contributed by atoms with Crippen LogP contribution in [0.25, 0.3) is 0 Å². The molecule has 0 unspecified atom stereocenters. The number of aromatic hydroxyl groups is 2. The summed E-state index contributed by atoms with van der Waals surface area (Å²) in [7, 11) is 2.96. The fraction of sp³-hybridized carbons (Fsp3) is 0.208. The number of aromatic amines is 2. The van der Waals surface area contributed by atoms with Crippen LogP contribution in [-0.2, 0) is 9.59 Å². The van der Waals surface area contributed by atoms with Gasteiger partial charge in [-0.1, -0.05) is 23.9 Å². The number of phenols is 1. The van der Waals surface area contributed by atoms with Gasteiger partial charge in [0.15, 0.2) is 16.7 Å². The SMILES string of the molecule is COc1ccc(NC(=O)C[C@@H]2SC(=N[C@@H](c3ccc(O)cc3)c3c(O)[nH]c(=O)[nH]c3=O)NC2=O)cc1OC. The summed E-state index contributed by atoms with van der Waals surface area (Å²) in [5.74, 6) is -0.720. The molecule has 1 aliphatic heterocycles. The number of aromatic nitrogens is 2. The third-order valence-electron chi connectivity index (χ3n) is 5.50. The molecule has 0 saturated carbocycles. The lowest BCUT2D eigenvalue weighted by Gasteiger charge is -2.14. The number of amidine groups is 1. The Kier molecular flexibility index (Phi) is 7.71. The maximum Gasteiger partial charge on any atom is 0.328 e. The van der Waals surface area contributed by atoms with Crippen LogP contribution < -0.4 is 31.4 Å². The number of carbonyl (C=O) groups is 2. The summed E-state index contributed by atoms with van der Waals surface area (Å²) in [4.78, 5) is 57.9. The Bertz CT molecular complexity index is 1520. The van der Waals surface area contributed by atoms with E-state index in [9.17, 15) is 29.4 Å². The zero-order chi connectivity index (χ0) is 27.4. The van der Waals surface area contributed by atoms with Gasteiger partial charge in [-0.05, 0) is 29.8 Å². The molecule has 1 aromatic heterocycles. The number of amides is 2. The second kappa shape index (κ2) is 11.1. The van der Waals surface area contributed by atoms with Crippen LogP contribution in [0.2, 0.25) is 0 Å². The van der Waals surface area contributed by atoms with Crippen molar-refractivity contribution in [3.63, 3.8) is 0 Å². The van der Waals surface area contributed by atoms with Gasteiger partial charge < -0.3 is 30.3 Å². The molecule has 0 spiro atoms. The number of ether oxygens (including phenoxy) is 2. The van der Waals surface area contributed by atoms with Crippen LogP contribution in [0.4, 0.5) is 5.69 Å². The lowest BCUT2D eigenvalue weighted by atomic mass is 10.0. The maximum absolute atomic E-state index is 12.6. The van der Waals surface area contributed by atoms with Crippen LogP contribution >= 0.6 is 11.8 Å². The molecule has 2 heterocycles. The standard InChI is InChI=1S/C24H23N5O8S/c1-36-14-8-5-12(9-15(14)37-2)25-17(31)10-16-20(32)29-24(38-16)26-19(11-3-6-13(30)7-4-11)18-21(33)27-23(35)28-22(18)34/h3-9,16,19,30H,10H2,1-2H3,(H,25,31)(H,26,29,32)(H3,27,28,33,34,35)/t16-,19-/m0/s1. The molecule has 0 aliphatic carbocycles. The molecule has 14 heteroatoms. The molecule has 1 aliphatic rings. The molecule has 2 atom stereocenters. The van der Waals surface area contributed by atoms with Gasteiger partial charge in [0.2, 0.25) is 17.7 Å². The van der Waals surface area contributed by atoms with E-state index in [1.54, 1.807) is 18.2 Å². The molecule has 4 rings (SSSR count). The lowest BCUT2D eigenvalue weighted by molar-refractivity contribution is -0.122. The van der Waals surface area contributed by atoms with Crippen LogP contribution in [-0.4, -0.2) is 56.6 Å². The summed E-state index contributed by atoms with van der Waals surface area (Å²) in [5, 5.41) is 24.5. The molecule has 0 radical (unpaired) electrons. The number of hydrogen-bond acceptors (Lipinski definition) is 10. The number of H-pyrrole nitrogens is 2. The van der Waals surface area contributed by atoms with Crippen molar-refractivity contribution in [1.29, 1.82) is 0 Å². The van der Waals surface area contributed by atoms with Gasteiger partial charge in [-0.3, -0.25) is 24.4 Å². The highest BCUT2D eigenvalue weighted by Crippen LogP contribution is 2.33. The minimum Gasteiger partial charge on any atom is -0.508 e. The number of nitrogens with one attached hydrogen (secondary N) is 4. The van der Waals surface area contributed by atoms with E-state index in [2.05, 4.69) is 20.6 Å². The molecule has 2 aromatic carbocycles. The number of hydrogen-bond donors (Lipinski definition) is 6. The number of carbonyl (C=O) groups excluding carboxylic acids is 2. The van der Waals surface area contributed by atoms with Gasteiger partial charge in [0, 0.05) is 18.2 Å². The third-order valence-corrected chi connectivity index (χ3v) is 6.60. The first-order valence-electron chi connectivity index (χ1n) is 11.1. The van der Waals surface area contributed by atoms with Crippen molar-refractivity contribution >= 4 is 34.4 Å². The average molecular weight is 542 g/mol. The molecule has 38 heavy (non-hydrogen) atoms. The van der Waals surface area contributed by atoms with Gasteiger partial charge in [0.05, 0.1) is 14.2 Å². The van der Waals surface area contributed by atoms with E-state index in [-0.39, 0.29) is 22.9 Å². The highest BCUT2D eigenvalue weighted by molar-refractivity contribution is 8.15. The second-order valence-corrected chi connectivity index (χ2v) is 9.21. The van der Waals surface area contributed by atoms with Crippen LogP contribution in [0.15, 0.2) is 57.0 Å². The van der Waals surface area contributed by atoms with Gasteiger partial charge in [-0.25, -0.2) is 9.79 Å². The topological polar surface area (TPSA) is 195 Å². The predicted octanol–water partition coefficient (Wildman–Crippen LogP) is 1.20. The van der Waals surface area contributed by atoms with Crippen LogP contribution in [0.1, 0.15) is 23.6 Å². The Hall–Kier alpha value is -4.72. The van der Waals surface area contributed by atoms with Gasteiger partial charge in [0.25, 0.3) is 5.56 Å². The minimum absolute atomic E-state index is 0.0381. The molecule has 1 fully saturated rings. The van der Waals surface area contributed by atoms with Gasteiger partial charge in [0.1, 0.15) is 22.6 Å². The highest BCUT2D eigenvalue weighted by atomic mass is 32.2. The van der Waals surface area contributed by atoms with E-state index in [4.69, 9.17) is 9.47 Å². The predicted molar refractivity (Wildman–Crippen MR) is 139 cm³/mol. The molecule has 13 nitrogen and oxygen atoms in total. The lowest BCUT2D eigenvalue weighted by Crippen LogP contribution is -2.29. The summed E-state index contributed by atoms with van der Waals surface area (Å²) in [6.45, 7) is 0. The molecule has 1 saturated heterocycles. The number of anilines is 1. The molecule has 6 N–H and O–H groups in total. The van der Waals surface area contributed by atoms with Crippen molar-refractivity contribution in [2.24, 2.45) is 4.99 Å². The van der Waals surface area contributed by atoms with Crippen LogP contribution in [0.3, 0.4) is 0 Å². The van der Waals surface area contributed by atoms with Gasteiger partial charge in [-0.2, -0.15) is 0 Å². The van der Waals surface area contributed by atoms with Crippen molar-refractivity contribution in [2.45, 2.75) is 17.7 Å². The summed E-state index contributed by atoms with van der Waals surface area (Å²) in [6.07, 6.45) is -0.182. The Morgan fingerprint density at radius 1 is 1.05 bits per heavy atom. The molecule has 3 aromatic rings. The summed E-state index contributed by atoms with van der Waals surface area (Å²) in [6, 6.07) is 9.37. The Labute approximate surface area is 218 Å². The van der Waals surface area contributed by atoms with Crippen molar-refractivity contribution in [2.75, 3.05) is 19.5 Å². The van der Waals surface area contributed by atoms with E-state index < -0.39 is 40.2 Å². The first-order valence-corrected chi connectivity index (χ1v) is 12.0. The average Bonchev–Trinajstić information content (AvgIpc) is 3.21. The van der Waals surface area contributed by atoms with E-state index >= 15 is 0 Å². The molecule has 2 amide bonds. The number of rotatable bonds is 8. The number of benzene rings is 2. The Morgan fingerprint density at radius 2 is 1.76 bits per heavy atom. The smallest absolute Gasteiger partial charge is 0.328 e. The first-order chi connectivity index (χ1) is 18.2. The number of nitrogens with zero attached hydrogens (tertiary/aromatic N) is 1. The third kappa shape index (κ3) is 5.81. The van der Waals surface area contributed by atoms with Crippen LogP contribution in [0.5, 0.6) is 23.1 Å². The first kappa shape index (κ1) is 26.3. The zero-order valence-corrected chi connectivity index (χ0v) is 20.9. The number of thioether (sulfide) groups is 1. The van der Waals surface area contributed by atoms with Crippen molar-refractivity contribution in [1.82, 2.24) is 15.3 Å². The van der Waals surface area contributed by atoms with E-state index in [0.717, 1.165) is 11.8 Å². The Balaban J connectivity index is 1.55. The fourth-order valence-electron chi connectivity index (χ4n) is 3.71. The van der Waals surface area contributed by atoms with Crippen molar-refractivity contribution < 1.29 is 29.3 Å². The summed E-state index contributed by atoms with van der Waals surface area (Å²) in [5.41, 5.74) is -1.23. The molecule has 0 bridgehead atoms. The van der Waals surface area contributed by atoms with E-state index in [1.165, 1.54) is 38.5 Å². The quantitative estimate of drug-likeness (QED) is 0.243. The summed E-state index contributed by atoms with van der Waals surface area (Å²) >= 11 is 0.976. The van der Waals surface area contributed by atoms with E-state index in [0.29, 0.717) is 22.7 Å². The largest absolute Gasteiger partial charge is 0.508 e. The number of methoxy groups -OCH3 is 2. The molecular weight excluding hydrogens is 518 g/mol. The molecule has 198 valence electrons. The van der Waals surface area contributed by atoms with Gasteiger partial charge in [-0.15, -0.1) is 0 Å². The molecular formula is C24H23N5O8S.